The number of anilines is 2. The Morgan fingerprint density at radius 1 is 0.971 bits per heavy atom. The summed E-state index contributed by atoms with van der Waals surface area (Å²) in [6.45, 7) is -0.202. The van der Waals surface area contributed by atoms with Gasteiger partial charge in [-0.25, -0.2) is 9.37 Å². The van der Waals surface area contributed by atoms with Gasteiger partial charge < -0.3 is 20.1 Å². The van der Waals surface area contributed by atoms with Crippen molar-refractivity contribution in [2.75, 3.05) is 17.4 Å². The van der Waals surface area contributed by atoms with Crippen LogP contribution < -0.4 is 25.7 Å². The molecular weight excluding hydrogens is 443 g/mol. The molecule has 0 fully saturated rings. The molecule has 170 valence electrons. The van der Waals surface area contributed by atoms with Gasteiger partial charge in [-0.3, -0.25) is 19.0 Å². The van der Waals surface area contributed by atoms with Crippen LogP contribution in [0.5, 0.6) is 11.5 Å². The van der Waals surface area contributed by atoms with E-state index in [0.29, 0.717) is 34.0 Å². The van der Waals surface area contributed by atoms with E-state index in [2.05, 4.69) is 15.6 Å². The minimum absolute atomic E-state index is 0.0866. The zero-order chi connectivity index (χ0) is 23.7. The molecule has 0 unspecified atom stereocenters. The standard InChI is InChI=1S/C24H17FN4O5/c25-15-5-6-19-18(9-15)24(32)29(12-26-19)11-22(30)27-16-2-1-3-17(10-16)28-23(31)14-4-7-20-21(8-14)34-13-33-20/h1-10,12H,11,13H2,(H,27,30)(H,28,31). The molecule has 0 saturated carbocycles. The van der Waals surface area contributed by atoms with Crippen LogP contribution in [-0.4, -0.2) is 28.2 Å². The predicted molar refractivity (Wildman–Crippen MR) is 122 cm³/mol. The minimum atomic E-state index is -0.562. The molecule has 2 amide bonds. The lowest BCUT2D eigenvalue weighted by Gasteiger charge is -2.10. The first-order valence-corrected chi connectivity index (χ1v) is 10.2. The van der Waals surface area contributed by atoms with E-state index in [1.165, 1.54) is 18.5 Å². The van der Waals surface area contributed by atoms with Crippen molar-refractivity contribution < 1.29 is 23.5 Å². The molecule has 10 heteroatoms. The fraction of sp³-hybridized carbons (Fsp3) is 0.0833. The molecule has 1 aliphatic heterocycles. The van der Waals surface area contributed by atoms with E-state index in [1.54, 1.807) is 42.5 Å². The normalized spacial score (nSPS) is 11.9. The van der Waals surface area contributed by atoms with Gasteiger partial charge in [0, 0.05) is 16.9 Å². The van der Waals surface area contributed by atoms with Crippen molar-refractivity contribution in [3.63, 3.8) is 0 Å². The van der Waals surface area contributed by atoms with Gasteiger partial charge in [0.25, 0.3) is 11.5 Å². The van der Waals surface area contributed by atoms with Crippen LogP contribution in [0, 0.1) is 5.82 Å². The second-order valence-corrected chi connectivity index (χ2v) is 7.49. The third-order valence-corrected chi connectivity index (χ3v) is 5.14. The lowest BCUT2D eigenvalue weighted by molar-refractivity contribution is -0.116. The quantitative estimate of drug-likeness (QED) is 0.473. The SMILES string of the molecule is O=C(Cn1cnc2ccc(F)cc2c1=O)Nc1cccc(NC(=O)c2ccc3c(c2)OCO3)c1. The number of benzene rings is 3. The Bertz CT molecular complexity index is 1500. The highest BCUT2D eigenvalue weighted by Gasteiger charge is 2.16. The first-order chi connectivity index (χ1) is 16.5. The van der Waals surface area contributed by atoms with Crippen LogP contribution in [0.2, 0.25) is 0 Å². The predicted octanol–water partition coefficient (Wildman–Crippen LogP) is 3.16. The van der Waals surface area contributed by atoms with Crippen LogP contribution in [0.15, 0.2) is 71.8 Å². The number of carbonyl (C=O) groups is 2. The van der Waals surface area contributed by atoms with Crippen LogP contribution >= 0.6 is 0 Å². The average molecular weight is 460 g/mol. The molecule has 0 atom stereocenters. The molecule has 0 radical (unpaired) electrons. The van der Waals surface area contributed by atoms with Crippen molar-refractivity contribution in [1.82, 2.24) is 9.55 Å². The maximum atomic E-state index is 13.5. The highest BCUT2D eigenvalue weighted by molar-refractivity contribution is 6.05. The summed E-state index contributed by atoms with van der Waals surface area (Å²) in [5.74, 6) is -0.336. The van der Waals surface area contributed by atoms with Crippen LogP contribution in [0.25, 0.3) is 10.9 Å². The molecule has 9 nitrogen and oxygen atoms in total. The van der Waals surface area contributed by atoms with E-state index in [1.807, 2.05) is 0 Å². The molecule has 1 aliphatic rings. The monoisotopic (exact) mass is 460 g/mol. The van der Waals surface area contributed by atoms with E-state index < -0.39 is 17.3 Å². The maximum absolute atomic E-state index is 13.5. The van der Waals surface area contributed by atoms with Crippen molar-refractivity contribution in [1.29, 1.82) is 0 Å². The number of hydrogen-bond acceptors (Lipinski definition) is 6. The van der Waals surface area contributed by atoms with Gasteiger partial charge >= 0.3 is 0 Å². The summed E-state index contributed by atoms with van der Waals surface area (Å²) >= 11 is 0. The van der Waals surface area contributed by atoms with E-state index in [9.17, 15) is 18.8 Å². The van der Waals surface area contributed by atoms with Gasteiger partial charge in [0.1, 0.15) is 12.4 Å². The van der Waals surface area contributed by atoms with Crippen LogP contribution in [0.1, 0.15) is 10.4 Å². The lowest BCUT2D eigenvalue weighted by Crippen LogP contribution is -2.28. The average Bonchev–Trinajstić information content (AvgIpc) is 3.29. The van der Waals surface area contributed by atoms with Gasteiger partial charge in [0.15, 0.2) is 11.5 Å². The number of ether oxygens (including phenoxy) is 2. The molecule has 2 heterocycles. The smallest absolute Gasteiger partial charge is 0.261 e. The third kappa shape index (κ3) is 4.29. The molecule has 4 aromatic rings. The largest absolute Gasteiger partial charge is 0.454 e. The summed E-state index contributed by atoms with van der Waals surface area (Å²) in [5, 5.41) is 5.52. The van der Waals surface area contributed by atoms with Crippen molar-refractivity contribution in [2.24, 2.45) is 0 Å². The molecular formula is C24H17FN4O5. The number of hydrogen-bond donors (Lipinski definition) is 2. The van der Waals surface area contributed by atoms with Crippen molar-refractivity contribution in [3.8, 4) is 11.5 Å². The summed E-state index contributed by atoms with van der Waals surface area (Å²) in [7, 11) is 0. The number of amides is 2. The molecule has 34 heavy (non-hydrogen) atoms. The van der Waals surface area contributed by atoms with Gasteiger partial charge in [0.05, 0.1) is 17.2 Å². The topological polar surface area (TPSA) is 112 Å². The van der Waals surface area contributed by atoms with Gasteiger partial charge in [-0.15, -0.1) is 0 Å². The Hall–Kier alpha value is -4.73. The first-order valence-electron chi connectivity index (χ1n) is 10.2. The Morgan fingerprint density at radius 2 is 1.76 bits per heavy atom. The molecule has 0 saturated heterocycles. The Morgan fingerprint density at radius 3 is 2.62 bits per heavy atom. The lowest BCUT2D eigenvalue weighted by atomic mass is 10.2. The van der Waals surface area contributed by atoms with Crippen LogP contribution in [0.4, 0.5) is 15.8 Å². The van der Waals surface area contributed by atoms with Crippen LogP contribution in [-0.2, 0) is 11.3 Å². The molecule has 5 rings (SSSR count). The number of fused-ring (bicyclic) bond motifs is 2. The highest BCUT2D eigenvalue weighted by atomic mass is 19.1. The van der Waals surface area contributed by atoms with Crippen molar-refractivity contribution >= 4 is 34.1 Å². The summed E-state index contributed by atoms with van der Waals surface area (Å²) in [4.78, 5) is 41.8. The van der Waals surface area contributed by atoms with Gasteiger partial charge in [-0.05, 0) is 54.6 Å². The number of halogens is 1. The molecule has 0 spiro atoms. The molecule has 0 aliphatic carbocycles. The summed E-state index contributed by atoms with van der Waals surface area (Å²) in [5.41, 5.74) is 1.08. The number of rotatable bonds is 5. The fourth-order valence-electron chi connectivity index (χ4n) is 3.51. The first kappa shape index (κ1) is 21.1. The maximum Gasteiger partial charge on any atom is 0.261 e. The summed E-state index contributed by atoms with van der Waals surface area (Å²) < 4.78 is 25.1. The van der Waals surface area contributed by atoms with E-state index >= 15 is 0 Å². The van der Waals surface area contributed by atoms with Crippen molar-refractivity contribution in [3.05, 3.63) is 88.7 Å². The minimum Gasteiger partial charge on any atom is -0.454 e. The zero-order valence-electron chi connectivity index (χ0n) is 17.6. The Balaban J connectivity index is 1.27. The molecule has 2 N–H and O–H groups in total. The number of nitrogens with one attached hydrogen (secondary N) is 2. The van der Waals surface area contributed by atoms with E-state index in [-0.39, 0.29) is 24.6 Å². The number of nitrogens with zero attached hydrogens (tertiary/aromatic N) is 2. The second-order valence-electron chi connectivity index (χ2n) is 7.49. The Kier molecular flexibility index (Phi) is 5.38. The molecule has 1 aromatic heterocycles. The summed E-state index contributed by atoms with van der Waals surface area (Å²) in [6, 6.07) is 15.1. The van der Waals surface area contributed by atoms with Gasteiger partial charge in [-0.2, -0.15) is 0 Å². The van der Waals surface area contributed by atoms with Crippen LogP contribution in [0.3, 0.4) is 0 Å². The molecule has 0 bridgehead atoms. The fourth-order valence-corrected chi connectivity index (χ4v) is 3.51. The second kappa shape index (κ2) is 8.66. The van der Waals surface area contributed by atoms with Gasteiger partial charge in [0.2, 0.25) is 12.7 Å². The van der Waals surface area contributed by atoms with E-state index in [4.69, 9.17) is 9.47 Å². The number of carbonyl (C=O) groups excluding carboxylic acids is 2. The summed E-state index contributed by atoms with van der Waals surface area (Å²) in [6.07, 6.45) is 1.24. The third-order valence-electron chi connectivity index (χ3n) is 5.14. The van der Waals surface area contributed by atoms with E-state index in [0.717, 1.165) is 10.6 Å². The highest BCUT2D eigenvalue weighted by Crippen LogP contribution is 2.32. The molecule has 3 aromatic carbocycles. The number of aromatic nitrogens is 2. The Labute approximate surface area is 191 Å². The van der Waals surface area contributed by atoms with Gasteiger partial charge in [-0.1, -0.05) is 6.07 Å². The zero-order valence-corrected chi connectivity index (χ0v) is 17.6. The van der Waals surface area contributed by atoms with Crippen molar-refractivity contribution in [2.45, 2.75) is 6.54 Å².